The van der Waals surface area contributed by atoms with E-state index in [1.807, 2.05) is 0 Å². The molecule has 0 aliphatic carbocycles. The third-order valence-electron chi connectivity index (χ3n) is 4.83. The minimum Gasteiger partial charge on any atom is -0.365 e. The van der Waals surface area contributed by atoms with Crippen molar-refractivity contribution >= 4 is 5.69 Å². The van der Waals surface area contributed by atoms with Crippen LogP contribution >= 0.6 is 0 Å². The summed E-state index contributed by atoms with van der Waals surface area (Å²) in [6.45, 7) is 16.0. The maximum atomic E-state index is 3.75. The third kappa shape index (κ3) is 3.79. The first-order valence-corrected chi connectivity index (χ1v) is 8.50. The van der Waals surface area contributed by atoms with Gasteiger partial charge in [0.25, 0.3) is 0 Å². The molecule has 1 saturated heterocycles. The van der Waals surface area contributed by atoms with Crippen LogP contribution in [0.25, 0.3) is 0 Å². The van der Waals surface area contributed by atoms with Gasteiger partial charge in [-0.05, 0) is 35.4 Å². The molecule has 1 heterocycles. The minimum absolute atomic E-state index is 0.586. The highest BCUT2D eigenvalue weighted by Crippen LogP contribution is 2.28. The summed E-state index contributed by atoms with van der Waals surface area (Å²) >= 11 is 0. The van der Waals surface area contributed by atoms with Crippen molar-refractivity contribution in [1.29, 1.82) is 0 Å². The van der Waals surface area contributed by atoms with Gasteiger partial charge in [0.1, 0.15) is 0 Å². The standard InChI is InChI=1S/C19H32N2/c1-13(2)16-8-7-9-17(10-16)21-12-18(14(3)4)20-11-19(21)15(5)6/h7-10,13-15,18-20H,11-12H2,1-6H3. The Bertz CT molecular complexity index is 451. The highest BCUT2D eigenvalue weighted by atomic mass is 15.2. The topological polar surface area (TPSA) is 15.3 Å². The van der Waals surface area contributed by atoms with Crippen LogP contribution in [0, 0.1) is 11.8 Å². The van der Waals surface area contributed by atoms with Gasteiger partial charge < -0.3 is 10.2 Å². The zero-order chi connectivity index (χ0) is 15.6. The van der Waals surface area contributed by atoms with Gasteiger partial charge in [0.15, 0.2) is 0 Å². The zero-order valence-corrected chi connectivity index (χ0v) is 14.6. The summed E-state index contributed by atoms with van der Waals surface area (Å²) in [5.41, 5.74) is 2.83. The molecule has 2 atom stereocenters. The molecule has 2 unspecified atom stereocenters. The van der Waals surface area contributed by atoms with E-state index in [-0.39, 0.29) is 0 Å². The van der Waals surface area contributed by atoms with Crippen molar-refractivity contribution in [1.82, 2.24) is 5.32 Å². The quantitative estimate of drug-likeness (QED) is 0.890. The van der Waals surface area contributed by atoms with Crippen LogP contribution in [0.3, 0.4) is 0 Å². The molecule has 2 heteroatoms. The lowest BCUT2D eigenvalue weighted by Gasteiger charge is -2.45. The number of hydrogen-bond donors (Lipinski definition) is 1. The molecule has 0 radical (unpaired) electrons. The average Bonchev–Trinajstić information content (AvgIpc) is 2.46. The van der Waals surface area contributed by atoms with Crippen LogP contribution in [0.15, 0.2) is 24.3 Å². The molecule has 0 saturated carbocycles. The van der Waals surface area contributed by atoms with Crippen molar-refractivity contribution in [3.05, 3.63) is 29.8 Å². The fourth-order valence-corrected chi connectivity index (χ4v) is 3.20. The maximum Gasteiger partial charge on any atom is 0.0438 e. The highest BCUT2D eigenvalue weighted by Gasteiger charge is 2.31. The van der Waals surface area contributed by atoms with Crippen molar-refractivity contribution in [2.45, 2.75) is 59.5 Å². The van der Waals surface area contributed by atoms with E-state index in [2.05, 4.69) is 76.0 Å². The van der Waals surface area contributed by atoms with Gasteiger partial charge >= 0.3 is 0 Å². The Labute approximate surface area is 130 Å². The number of hydrogen-bond acceptors (Lipinski definition) is 2. The van der Waals surface area contributed by atoms with Crippen molar-refractivity contribution in [3.63, 3.8) is 0 Å². The fourth-order valence-electron chi connectivity index (χ4n) is 3.20. The number of nitrogens with zero attached hydrogens (tertiary/aromatic N) is 1. The second-order valence-electron chi connectivity index (χ2n) is 7.47. The average molecular weight is 288 g/mol. The van der Waals surface area contributed by atoms with Crippen LogP contribution < -0.4 is 10.2 Å². The molecule has 1 aliphatic heterocycles. The number of anilines is 1. The van der Waals surface area contributed by atoms with Crippen molar-refractivity contribution < 1.29 is 0 Å². The molecule has 1 aromatic carbocycles. The maximum absolute atomic E-state index is 3.75. The van der Waals surface area contributed by atoms with E-state index in [0.29, 0.717) is 29.8 Å². The summed E-state index contributed by atoms with van der Waals surface area (Å²) in [6, 6.07) is 10.3. The van der Waals surface area contributed by atoms with Crippen LogP contribution in [-0.2, 0) is 0 Å². The first-order valence-electron chi connectivity index (χ1n) is 8.50. The van der Waals surface area contributed by atoms with Gasteiger partial charge in [-0.2, -0.15) is 0 Å². The first-order chi connectivity index (χ1) is 9.90. The summed E-state index contributed by atoms with van der Waals surface area (Å²) in [6.07, 6.45) is 0. The van der Waals surface area contributed by atoms with Crippen LogP contribution in [0.5, 0.6) is 0 Å². The Morgan fingerprint density at radius 3 is 2.33 bits per heavy atom. The van der Waals surface area contributed by atoms with E-state index in [4.69, 9.17) is 0 Å². The molecule has 0 bridgehead atoms. The van der Waals surface area contributed by atoms with E-state index >= 15 is 0 Å². The molecule has 0 amide bonds. The molecule has 2 nitrogen and oxygen atoms in total. The Morgan fingerprint density at radius 1 is 1.05 bits per heavy atom. The number of piperazine rings is 1. The van der Waals surface area contributed by atoms with Gasteiger partial charge in [-0.15, -0.1) is 0 Å². The minimum atomic E-state index is 0.586. The Morgan fingerprint density at radius 2 is 1.76 bits per heavy atom. The van der Waals surface area contributed by atoms with E-state index in [0.717, 1.165) is 13.1 Å². The number of nitrogens with one attached hydrogen (secondary N) is 1. The zero-order valence-electron chi connectivity index (χ0n) is 14.6. The van der Waals surface area contributed by atoms with Crippen LogP contribution in [0.2, 0.25) is 0 Å². The molecule has 2 rings (SSSR count). The smallest absolute Gasteiger partial charge is 0.0438 e. The number of benzene rings is 1. The van der Waals surface area contributed by atoms with Gasteiger partial charge in [-0.25, -0.2) is 0 Å². The lowest BCUT2D eigenvalue weighted by atomic mass is 9.93. The molecule has 0 aromatic heterocycles. The van der Waals surface area contributed by atoms with Crippen LogP contribution in [-0.4, -0.2) is 25.2 Å². The Kier molecular flexibility index (Phi) is 5.32. The molecule has 21 heavy (non-hydrogen) atoms. The van der Waals surface area contributed by atoms with Crippen LogP contribution in [0.1, 0.15) is 53.0 Å². The monoisotopic (exact) mass is 288 g/mol. The molecule has 1 fully saturated rings. The largest absolute Gasteiger partial charge is 0.365 e. The van der Waals surface area contributed by atoms with E-state index < -0.39 is 0 Å². The Hall–Kier alpha value is -1.02. The predicted octanol–water partition coefficient (Wildman–Crippen LogP) is 4.27. The summed E-state index contributed by atoms with van der Waals surface area (Å²) in [7, 11) is 0. The summed E-state index contributed by atoms with van der Waals surface area (Å²) < 4.78 is 0. The van der Waals surface area contributed by atoms with E-state index in [1.165, 1.54) is 11.3 Å². The molecule has 0 spiro atoms. The second-order valence-corrected chi connectivity index (χ2v) is 7.47. The van der Waals surface area contributed by atoms with Gasteiger partial charge in [0.2, 0.25) is 0 Å². The molecular weight excluding hydrogens is 256 g/mol. The van der Waals surface area contributed by atoms with Gasteiger partial charge in [-0.3, -0.25) is 0 Å². The first kappa shape index (κ1) is 16.4. The molecule has 1 aromatic rings. The lowest BCUT2D eigenvalue weighted by Crippen LogP contribution is -2.60. The highest BCUT2D eigenvalue weighted by molar-refractivity contribution is 5.51. The SMILES string of the molecule is CC(C)c1cccc(N2CC(C(C)C)NCC2C(C)C)c1. The number of rotatable bonds is 4. The summed E-state index contributed by atoms with van der Waals surface area (Å²) in [5.74, 6) is 1.92. The van der Waals surface area contributed by atoms with Crippen molar-refractivity contribution in [2.75, 3.05) is 18.0 Å². The normalized spacial score (nSPS) is 23.4. The van der Waals surface area contributed by atoms with Crippen molar-refractivity contribution in [3.8, 4) is 0 Å². The van der Waals surface area contributed by atoms with Crippen LogP contribution in [0.4, 0.5) is 5.69 Å². The van der Waals surface area contributed by atoms with Gasteiger partial charge in [0, 0.05) is 30.9 Å². The molecule has 1 N–H and O–H groups in total. The summed E-state index contributed by atoms with van der Waals surface area (Å²) in [5, 5.41) is 3.75. The lowest BCUT2D eigenvalue weighted by molar-refractivity contribution is 0.295. The third-order valence-corrected chi connectivity index (χ3v) is 4.83. The molecule has 1 aliphatic rings. The van der Waals surface area contributed by atoms with Gasteiger partial charge in [-0.1, -0.05) is 53.7 Å². The Balaban J connectivity index is 2.28. The predicted molar refractivity (Wildman–Crippen MR) is 93.1 cm³/mol. The van der Waals surface area contributed by atoms with E-state index in [9.17, 15) is 0 Å². The van der Waals surface area contributed by atoms with Gasteiger partial charge in [0.05, 0.1) is 0 Å². The van der Waals surface area contributed by atoms with E-state index in [1.54, 1.807) is 0 Å². The second kappa shape index (κ2) is 6.83. The summed E-state index contributed by atoms with van der Waals surface area (Å²) in [4.78, 5) is 2.64. The molecular formula is C19H32N2. The van der Waals surface area contributed by atoms with Crippen molar-refractivity contribution in [2.24, 2.45) is 11.8 Å². The fraction of sp³-hybridized carbons (Fsp3) is 0.684. The molecule has 118 valence electrons.